The Balaban J connectivity index is 0.000000148. The van der Waals surface area contributed by atoms with Crippen LogP contribution in [0.15, 0.2) is 148 Å². The van der Waals surface area contributed by atoms with Crippen LogP contribution < -0.4 is 41.7 Å². The molecule has 0 aliphatic carbocycles. The van der Waals surface area contributed by atoms with E-state index in [1.54, 1.807) is 53.4 Å². The molecule has 5 N–H and O–H groups in total. The number of amides is 6. The Bertz CT molecular complexity index is 4660. The summed E-state index contributed by atoms with van der Waals surface area (Å²) in [6.45, 7) is 0.505. The van der Waals surface area contributed by atoms with Gasteiger partial charge in [-0.25, -0.2) is 35.1 Å². The van der Waals surface area contributed by atoms with Crippen LogP contribution in [0.1, 0.15) is 147 Å². The normalized spacial score (nSPS) is 19.2. The predicted molar refractivity (Wildman–Crippen MR) is 356 cm³/mol. The van der Waals surface area contributed by atoms with Crippen LogP contribution in [0, 0.1) is 34.9 Å². The number of hydrogen-bond acceptors (Lipinski definition) is 13. The van der Waals surface area contributed by atoms with Gasteiger partial charge in [0.15, 0.2) is 34.3 Å². The molecule has 0 radical (unpaired) electrons. The molecule has 0 spiro atoms. The van der Waals surface area contributed by atoms with Gasteiger partial charge in [0.1, 0.15) is 77.2 Å². The third-order valence-electron chi connectivity index (χ3n) is 18.9. The van der Waals surface area contributed by atoms with E-state index in [1.165, 1.54) is 43.5 Å². The van der Waals surface area contributed by atoms with Crippen molar-refractivity contribution in [2.45, 2.75) is 108 Å². The first-order chi connectivity index (χ1) is 49.9. The number of aliphatic hydroxyl groups is 1. The number of pyridine rings is 3. The SMILES string of the molecule is O=C(NCc1ccc(F)cc1F)c1cn2c(c(O)c1=O)C(=O)N1CCCC(F)C2C1.O=C(NCc1ccc(F)cc1F)c1cn2c(c(OCc3ccccc3)c1=O)C(=O)N1CCCC(F)C2C1.O=C(NCc1ccc(F)cc1F)c1cn2c(c(OCc3ccccc3)c1=O)C(=O)N1CCCC(O)C2C1. The number of aliphatic hydroxyl groups excluding tert-OH is 1. The second-order valence-corrected chi connectivity index (χ2v) is 25.7. The van der Waals surface area contributed by atoms with Crippen LogP contribution in [0.5, 0.6) is 17.2 Å². The molecule has 542 valence electrons. The smallest absolute Gasteiger partial charge is 0.274 e. The van der Waals surface area contributed by atoms with Crippen molar-refractivity contribution >= 4 is 35.4 Å². The highest BCUT2D eigenvalue weighted by Gasteiger charge is 2.44. The molecule has 6 amide bonds. The average molecular weight is 1440 g/mol. The summed E-state index contributed by atoms with van der Waals surface area (Å²) in [5.41, 5.74) is -2.81. The highest BCUT2D eigenvalue weighted by molar-refractivity contribution is 6.01. The maximum atomic E-state index is 15.1. The summed E-state index contributed by atoms with van der Waals surface area (Å²) >= 11 is 0. The van der Waals surface area contributed by atoms with E-state index in [-0.39, 0.29) is 122 Å². The zero-order valence-electron chi connectivity index (χ0n) is 55.3. The van der Waals surface area contributed by atoms with Gasteiger partial charge in [-0.3, -0.25) is 43.2 Å². The van der Waals surface area contributed by atoms with E-state index in [1.807, 2.05) is 12.1 Å². The number of aromatic nitrogens is 3. The lowest BCUT2D eigenvalue weighted by molar-refractivity contribution is 0.0553. The molecule has 6 aliphatic heterocycles. The standard InChI is InChI=1S/C27H24F3N3O4.C27H25F2N3O5.C20H18F3N3O4/c28-18-9-8-17(21(30)11-18)12-31-26(35)19-13-33-22-14-32(10-4-7-20(22)29)27(36)23(33)25(24(19)34)37-15-16-5-2-1-3-6-16;28-18-9-8-17(20(29)11-18)12-30-26(35)19-13-32-21-14-31(10-4-7-22(21)33)27(36)23(32)25(24(19)34)37-15-16-5-2-1-3-6-16;21-11-4-3-10(14(23)6-11)7-24-19(29)12-8-26-15-9-25(5-1-2-13(15)22)20(30)16(26)18(28)17(12)27/h1-3,5-6,8-9,11,13,20,22H,4,7,10,12,14-15H2,(H,31,35);1-3,5-6,8-9,11,13,21-22,33H,4,7,10,12,14-15H2,(H,30,35);3-4,6,8,13,15,28H,1-2,5,7,9H2,(H,24,29). The lowest BCUT2D eigenvalue weighted by Crippen LogP contribution is -2.47. The number of aromatic hydroxyl groups is 1. The summed E-state index contributed by atoms with van der Waals surface area (Å²) in [6, 6.07) is 24.5. The second kappa shape index (κ2) is 31.0. The van der Waals surface area contributed by atoms with Crippen LogP contribution in [-0.4, -0.2) is 132 Å². The summed E-state index contributed by atoms with van der Waals surface area (Å²) in [6.07, 6.45) is 2.47. The Labute approximate surface area is 586 Å². The molecule has 3 saturated heterocycles. The topological polar surface area (TPSA) is 273 Å². The van der Waals surface area contributed by atoms with Gasteiger partial charge in [-0.1, -0.05) is 78.9 Å². The molecule has 6 unspecified atom stereocenters. The minimum atomic E-state index is -1.33. The van der Waals surface area contributed by atoms with E-state index >= 15 is 4.39 Å². The zero-order chi connectivity index (χ0) is 73.8. The highest BCUT2D eigenvalue weighted by atomic mass is 19.2. The molecule has 104 heavy (non-hydrogen) atoms. The van der Waals surface area contributed by atoms with Gasteiger partial charge in [0.25, 0.3) is 35.4 Å². The number of benzene rings is 5. The van der Waals surface area contributed by atoms with Gasteiger partial charge < -0.3 is 64.0 Å². The first-order valence-electron chi connectivity index (χ1n) is 33.3. The van der Waals surface area contributed by atoms with Crippen LogP contribution in [0.25, 0.3) is 0 Å². The van der Waals surface area contributed by atoms with Gasteiger partial charge in [-0.2, -0.15) is 0 Å². The van der Waals surface area contributed by atoms with E-state index < -0.39 is 135 Å². The third kappa shape index (κ3) is 15.2. The van der Waals surface area contributed by atoms with Crippen LogP contribution in [0.2, 0.25) is 0 Å². The number of alkyl halides is 2. The number of carbonyl (C=O) groups excluding carboxylic acids is 6. The van der Waals surface area contributed by atoms with Crippen LogP contribution in [0.3, 0.4) is 0 Å². The summed E-state index contributed by atoms with van der Waals surface area (Å²) in [7, 11) is 0. The molecule has 6 bridgehead atoms. The van der Waals surface area contributed by atoms with Crippen molar-refractivity contribution in [3.05, 3.63) is 261 Å². The largest absolute Gasteiger partial charge is 0.503 e. The Morgan fingerprint density at radius 2 is 0.779 bits per heavy atom. The molecule has 30 heteroatoms. The van der Waals surface area contributed by atoms with E-state index in [2.05, 4.69) is 16.0 Å². The number of carbonyl (C=O) groups is 6. The van der Waals surface area contributed by atoms with Gasteiger partial charge in [0, 0.05) is 112 Å². The third-order valence-corrected chi connectivity index (χ3v) is 18.9. The lowest BCUT2D eigenvalue weighted by atomic mass is 10.0. The van der Waals surface area contributed by atoms with E-state index in [4.69, 9.17) is 9.47 Å². The molecule has 14 rings (SSSR count). The average Bonchev–Trinajstić information content (AvgIpc) is 1.16. The maximum Gasteiger partial charge on any atom is 0.274 e. The number of halogens is 8. The number of fused-ring (bicyclic) bond motifs is 12. The second-order valence-electron chi connectivity index (χ2n) is 25.7. The summed E-state index contributed by atoms with van der Waals surface area (Å²) in [4.78, 5) is 122. The fraction of sp³-hybridized carbons (Fsp3) is 0.311. The molecule has 9 heterocycles. The minimum absolute atomic E-state index is 0.00885. The monoisotopic (exact) mass is 1440 g/mol. The summed E-state index contributed by atoms with van der Waals surface area (Å²) in [5, 5.41) is 28.4. The fourth-order valence-corrected chi connectivity index (χ4v) is 13.4. The molecule has 6 aliphatic rings. The summed E-state index contributed by atoms with van der Waals surface area (Å²) < 4.78 is 127. The molecule has 22 nitrogen and oxygen atoms in total. The molecule has 3 fully saturated rings. The molecular weight excluding hydrogens is 1370 g/mol. The number of nitrogens with one attached hydrogen (secondary N) is 3. The van der Waals surface area contributed by atoms with Crippen molar-refractivity contribution in [1.29, 1.82) is 0 Å². The zero-order valence-corrected chi connectivity index (χ0v) is 55.3. The van der Waals surface area contributed by atoms with Crippen LogP contribution in [-0.2, 0) is 32.8 Å². The molecule has 5 aromatic carbocycles. The number of nitrogens with zero attached hydrogens (tertiary/aromatic N) is 6. The van der Waals surface area contributed by atoms with Crippen molar-refractivity contribution < 1.29 is 83.6 Å². The van der Waals surface area contributed by atoms with E-state index in [9.17, 15) is 84.1 Å². The molecule has 3 aromatic heterocycles. The molecule has 0 saturated carbocycles. The van der Waals surface area contributed by atoms with Crippen LogP contribution >= 0.6 is 0 Å². The van der Waals surface area contributed by atoms with Crippen molar-refractivity contribution in [2.75, 3.05) is 39.3 Å². The maximum absolute atomic E-state index is 15.1. The predicted octanol–water partition coefficient (Wildman–Crippen LogP) is 8.44. The Kier molecular flexibility index (Phi) is 21.6. The van der Waals surface area contributed by atoms with E-state index in [0.717, 1.165) is 46.2 Å². The Morgan fingerprint density at radius 3 is 1.16 bits per heavy atom. The first-order valence-corrected chi connectivity index (χ1v) is 33.3. The quantitative estimate of drug-likeness (QED) is 0.0604. The fourth-order valence-electron chi connectivity index (χ4n) is 13.4. The molecule has 6 atom stereocenters. The van der Waals surface area contributed by atoms with Crippen LogP contribution in [0.4, 0.5) is 35.1 Å². The van der Waals surface area contributed by atoms with Crippen molar-refractivity contribution in [2.24, 2.45) is 0 Å². The van der Waals surface area contributed by atoms with Crippen molar-refractivity contribution in [1.82, 2.24) is 44.4 Å². The molecular formula is C74H67F8N9O13. The van der Waals surface area contributed by atoms with Gasteiger partial charge in [0.05, 0.1) is 24.2 Å². The number of rotatable bonds is 15. The first kappa shape index (κ1) is 72.4. The van der Waals surface area contributed by atoms with Gasteiger partial charge in [-0.05, 0) is 67.9 Å². The summed E-state index contributed by atoms with van der Waals surface area (Å²) in [5.74, 6) is -10.5. The Hall–Kier alpha value is -11.4. The van der Waals surface area contributed by atoms with Crippen molar-refractivity contribution in [3.63, 3.8) is 0 Å². The van der Waals surface area contributed by atoms with Crippen molar-refractivity contribution in [3.8, 4) is 17.2 Å². The number of ether oxygens (including phenoxy) is 2. The number of hydrogen-bond donors (Lipinski definition) is 5. The lowest BCUT2D eigenvalue weighted by Gasteiger charge is -2.36. The highest BCUT2D eigenvalue weighted by Crippen LogP contribution is 2.37. The molecule has 8 aromatic rings. The minimum Gasteiger partial charge on any atom is -0.503 e. The Morgan fingerprint density at radius 1 is 0.442 bits per heavy atom. The van der Waals surface area contributed by atoms with Gasteiger partial charge >= 0.3 is 0 Å². The van der Waals surface area contributed by atoms with Gasteiger partial charge in [-0.15, -0.1) is 0 Å². The van der Waals surface area contributed by atoms with Gasteiger partial charge in [0.2, 0.25) is 16.3 Å². The van der Waals surface area contributed by atoms with E-state index in [0.29, 0.717) is 63.5 Å².